The minimum absolute atomic E-state index is 0.281. The van der Waals surface area contributed by atoms with Crippen LogP contribution in [0.25, 0.3) is 22.5 Å². The Morgan fingerprint density at radius 1 is 0.909 bits per heavy atom. The molecule has 2 aromatic heterocycles. The normalized spacial score (nSPS) is 11.6. The molecule has 4 aromatic rings. The van der Waals surface area contributed by atoms with Crippen LogP contribution < -0.4 is 21.2 Å². The van der Waals surface area contributed by atoms with Crippen LogP contribution in [0, 0.1) is 0 Å². The summed E-state index contributed by atoms with van der Waals surface area (Å²) in [5.41, 5.74) is 2.64. The van der Waals surface area contributed by atoms with Gasteiger partial charge in [0.1, 0.15) is 11.8 Å². The van der Waals surface area contributed by atoms with Gasteiger partial charge in [-0.1, -0.05) is 12.1 Å². The molecule has 0 aliphatic rings. The molecule has 9 nitrogen and oxygen atoms in total. The number of rotatable bonds is 6. The average molecular weight is 443 g/mol. The highest BCUT2D eigenvalue weighted by Gasteiger charge is 2.18. The van der Waals surface area contributed by atoms with E-state index in [-0.39, 0.29) is 17.0 Å². The smallest absolute Gasteiger partial charge is 0.267 e. The summed E-state index contributed by atoms with van der Waals surface area (Å²) in [6, 6.07) is 19.4. The number of amides is 1. The maximum absolute atomic E-state index is 12.8. The number of ether oxygens (including phenoxy) is 1. The first kappa shape index (κ1) is 21.7. The minimum Gasteiger partial charge on any atom is -0.497 e. The molecular weight excluding hydrogens is 422 g/mol. The first-order chi connectivity index (χ1) is 15.9. The number of nitrogens with one attached hydrogen (secondary N) is 2. The van der Waals surface area contributed by atoms with Crippen LogP contribution in [0.1, 0.15) is 13.0 Å². The molecule has 0 bridgehead atoms. The quantitative estimate of drug-likeness (QED) is 0.473. The van der Waals surface area contributed by atoms with Crippen LogP contribution in [0.4, 0.5) is 5.69 Å². The van der Waals surface area contributed by atoms with Gasteiger partial charge in [0.25, 0.3) is 11.1 Å². The number of aromatic amines is 1. The van der Waals surface area contributed by atoms with Gasteiger partial charge in [-0.05, 0) is 55.5 Å². The molecule has 0 aliphatic carbocycles. The van der Waals surface area contributed by atoms with Crippen molar-refractivity contribution < 1.29 is 9.53 Å². The van der Waals surface area contributed by atoms with Crippen molar-refractivity contribution in [1.82, 2.24) is 20.0 Å². The van der Waals surface area contributed by atoms with Crippen LogP contribution in [0.2, 0.25) is 0 Å². The van der Waals surface area contributed by atoms with Gasteiger partial charge in [-0.15, -0.1) is 0 Å². The number of carbonyl (C=O) groups is 1. The number of nitrogens with zero attached hydrogens (tertiary/aromatic N) is 3. The van der Waals surface area contributed by atoms with Crippen molar-refractivity contribution in [2.24, 2.45) is 0 Å². The Kier molecular flexibility index (Phi) is 6.12. The van der Waals surface area contributed by atoms with E-state index in [1.807, 2.05) is 12.1 Å². The molecule has 2 N–H and O–H groups in total. The van der Waals surface area contributed by atoms with Crippen molar-refractivity contribution in [3.63, 3.8) is 0 Å². The fraction of sp³-hybridized carbons (Fsp3) is 0.125. The predicted octanol–water partition coefficient (Wildman–Crippen LogP) is 2.87. The number of hydrogen-bond donors (Lipinski definition) is 2. The summed E-state index contributed by atoms with van der Waals surface area (Å²) < 4.78 is 6.33. The first-order valence-electron chi connectivity index (χ1n) is 10.2. The Bertz CT molecular complexity index is 1370. The summed E-state index contributed by atoms with van der Waals surface area (Å²) in [5.74, 6) is 0.327. The van der Waals surface area contributed by atoms with Crippen LogP contribution in [-0.2, 0) is 4.79 Å². The molecule has 33 heavy (non-hydrogen) atoms. The van der Waals surface area contributed by atoms with Crippen LogP contribution in [0.3, 0.4) is 0 Å². The molecule has 2 aromatic carbocycles. The summed E-state index contributed by atoms with van der Waals surface area (Å²) >= 11 is 0. The van der Waals surface area contributed by atoms with Gasteiger partial charge in [0.05, 0.1) is 18.5 Å². The zero-order chi connectivity index (χ0) is 23.4. The minimum atomic E-state index is -0.837. The van der Waals surface area contributed by atoms with Crippen LogP contribution in [0.5, 0.6) is 5.75 Å². The molecule has 0 radical (unpaired) electrons. The highest BCUT2D eigenvalue weighted by molar-refractivity contribution is 5.93. The van der Waals surface area contributed by atoms with E-state index in [4.69, 9.17) is 4.74 Å². The number of aromatic nitrogens is 4. The van der Waals surface area contributed by atoms with Crippen LogP contribution in [-0.4, -0.2) is 33.0 Å². The number of methoxy groups -OCH3 is 1. The number of carbonyl (C=O) groups excluding carboxylic acids is 1. The molecule has 0 aliphatic heterocycles. The second kappa shape index (κ2) is 9.31. The third kappa shape index (κ3) is 4.87. The van der Waals surface area contributed by atoms with Gasteiger partial charge in [-0.25, -0.2) is 9.78 Å². The summed E-state index contributed by atoms with van der Waals surface area (Å²) in [5, 5.41) is 13.5. The lowest BCUT2D eigenvalue weighted by Gasteiger charge is -2.15. The zero-order valence-corrected chi connectivity index (χ0v) is 18.0. The maximum Gasteiger partial charge on any atom is 0.267 e. The van der Waals surface area contributed by atoms with E-state index in [9.17, 15) is 14.4 Å². The Balaban J connectivity index is 1.51. The van der Waals surface area contributed by atoms with Crippen molar-refractivity contribution in [2.75, 3.05) is 12.4 Å². The fourth-order valence-corrected chi connectivity index (χ4v) is 3.21. The van der Waals surface area contributed by atoms with Crippen molar-refractivity contribution in [3.05, 3.63) is 93.5 Å². The predicted molar refractivity (Wildman–Crippen MR) is 124 cm³/mol. The lowest BCUT2D eigenvalue weighted by atomic mass is 10.1. The van der Waals surface area contributed by atoms with Crippen molar-refractivity contribution in [1.29, 1.82) is 0 Å². The van der Waals surface area contributed by atoms with Gasteiger partial charge in [0.15, 0.2) is 0 Å². The molecular formula is C24H21N5O4. The van der Waals surface area contributed by atoms with E-state index < -0.39 is 6.04 Å². The third-order valence-corrected chi connectivity index (χ3v) is 5.08. The monoisotopic (exact) mass is 443 g/mol. The number of hydrogen-bond acceptors (Lipinski definition) is 6. The summed E-state index contributed by atoms with van der Waals surface area (Å²) in [7, 11) is 1.59. The van der Waals surface area contributed by atoms with E-state index in [1.54, 1.807) is 62.6 Å². The van der Waals surface area contributed by atoms with Crippen molar-refractivity contribution in [2.45, 2.75) is 13.0 Å². The van der Waals surface area contributed by atoms with E-state index in [0.717, 1.165) is 15.8 Å². The number of anilines is 1. The Labute approximate surface area is 188 Å². The third-order valence-electron chi connectivity index (χ3n) is 5.08. The molecule has 0 fully saturated rings. The molecule has 2 heterocycles. The molecule has 9 heteroatoms. The van der Waals surface area contributed by atoms with Crippen molar-refractivity contribution >= 4 is 11.6 Å². The van der Waals surface area contributed by atoms with Crippen LogP contribution >= 0.6 is 0 Å². The molecule has 1 atom stereocenters. The van der Waals surface area contributed by atoms with Gasteiger partial charge >= 0.3 is 0 Å². The van der Waals surface area contributed by atoms with Gasteiger partial charge in [0.2, 0.25) is 5.91 Å². The standard InChI is InChI=1S/C24H21N5O4/c1-15(29-23(31)14-12-21(28-29)17-5-9-19(33-2)10-6-17)24(32)25-18-7-3-16(4-8-18)20-11-13-22(30)27-26-20/h3-15H,1-2H3,(H,25,32)(H,27,30). The van der Waals surface area contributed by atoms with E-state index in [0.29, 0.717) is 22.8 Å². The van der Waals surface area contributed by atoms with Gasteiger partial charge in [-0.2, -0.15) is 10.2 Å². The lowest BCUT2D eigenvalue weighted by molar-refractivity contribution is -0.119. The van der Waals surface area contributed by atoms with E-state index in [1.165, 1.54) is 12.1 Å². The highest BCUT2D eigenvalue weighted by atomic mass is 16.5. The Morgan fingerprint density at radius 3 is 2.18 bits per heavy atom. The Morgan fingerprint density at radius 2 is 1.55 bits per heavy atom. The Hall–Kier alpha value is -4.53. The summed E-state index contributed by atoms with van der Waals surface area (Å²) in [6.07, 6.45) is 0. The summed E-state index contributed by atoms with van der Waals surface area (Å²) in [4.78, 5) is 36.4. The maximum atomic E-state index is 12.8. The number of benzene rings is 2. The zero-order valence-electron chi connectivity index (χ0n) is 18.0. The highest BCUT2D eigenvalue weighted by Crippen LogP contribution is 2.21. The fourth-order valence-electron chi connectivity index (χ4n) is 3.21. The first-order valence-corrected chi connectivity index (χ1v) is 10.2. The number of H-pyrrole nitrogens is 1. The SMILES string of the molecule is COc1ccc(-c2ccc(=O)n(C(C)C(=O)Nc3ccc(-c4ccc(=O)[nH]n4)cc3)n2)cc1. The van der Waals surface area contributed by atoms with E-state index in [2.05, 4.69) is 20.6 Å². The molecule has 4 rings (SSSR count). The topological polar surface area (TPSA) is 119 Å². The molecule has 1 unspecified atom stereocenters. The lowest BCUT2D eigenvalue weighted by Crippen LogP contribution is -2.33. The van der Waals surface area contributed by atoms with Gasteiger partial charge in [-0.3, -0.25) is 14.4 Å². The molecule has 166 valence electrons. The second-order valence-corrected chi connectivity index (χ2v) is 7.28. The molecule has 0 spiro atoms. The van der Waals surface area contributed by atoms with Crippen molar-refractivity contribution in [3.8, 4) is 28.3 Å². The molecule has 0 saturated heterocycles. The van der Waals surface area contributed by atoms with Gasteiger partial charge < -0.3 is 10.1 Å². The molecule has 1 amide bonds. The largest absolute Gasteiger partial charge is 0.497 e. The van der Waals surface area contributed by atoms with E-state index >= 15 is 0 Å². The second-order valence-electron chi connectivity index (χ2n) is 7.28. The average Bonchev–Trinajstić information content (AvgIpc) is 2.85. The van der Waals surface area contributed by atoms with Gasteiger partial charge in [0, 0.05) is 28.9 Å². The summed E-state index contributed by atoms with van der Waals surface area (Å²) in [6.45, 7) is 1.61. The van der Waals surface area contributed by atoms with Crippen LogP contribution in [0.15, 0.2) is 82.4 Å². The molecule has 0 saturated carbocycles.